The van der Waals surface area contributed by atoms with E-state index in [9.17, 15) is 9.18 Å². The van der Waals surface area contributed by atoms with Crippen molar-refractivity contribution in [2.24, 2.45) is 7.05 Å². The summed E-state index contributed by atoms with van der Waals surface area (Å²) in [5.74, 6) is -0.478. The highest BCUT2D eigenvalue weighted by atomic mass is 19.1. The number of aryl methyl sites for hydroxylation is 1. The highest BCUT2D eigenvalue weighted by Gasteiger charge is 2.18. The lowest BCUT2D eigenvalue weighted by Crippen LogP contribution is -2.21. The second kappa shape index (κ2) is 3.94. The van der Waals surface area contributed by atoms with Gasteiger partial charge in [0.2, 0.25) is 0 Å². The summed E-state index contributed by atoms with van der Waals surface area (Å²) in [5, 5.41) is 7.16. The first-order valence-corrected chi connectivity index (χ1v) is 5.67. The highest BCUT2D eigenvalue weighted by Crippen LogP contribution is 2.29. The third-order valence-corrected chi connectivity index (χ3v) is 3.18. The van der Waals surface area contributed by atoms with E-state index in [4.69, 9.17) is 5.73 Å². The van der Waals surface area contributed by atoms with Crippen LogP contribution in [0.2, 0.25) is 0 Å². The molecule has 0 aliphatic heterocycles. The molecule has 0 saturated heterocycles. The summed E-state index contributed by atoms with van der Waals surface area (Å²) in [6.45, 7) is 0. The predicted molar refractivity (Wildman–Crippen MR) is 71.1 cm³/mol. The molecule has 3 N–H and O–H groups in total. The summed E-state index contributed by atoms with van der Waals surface area (Å²) in [7, 11) is 1.59. The number of anilines is 1. The molecule has 0 saturated carbocycles. The fraction of sp³-hybridized carbons (Fsp3) is 0.0769. The number of nitrogens with two attached hydrogens (primary N) is 1. The van der Waals surface area contributed by atoms with Crippen molar-refractivity contribution in [3.05, 3.63) is 46.6 Å². The predicted octanol–water partition coefficient (Wildman–Crippen LogP) is 1.65. The summed E-state index contributed by atoms with van der Waals surface area (Å²) in [6, 6.07) is 6.06. The molecule has 0 aliphatic carbocycles. The van der Waals surface area contributed by atoms with Crippen molar-refractivity contribution < 1.29 is 4.39 Å². The standard InChI is InChI=1S/C13H11FN4O/c1-18-12-8(6-16-17-12)11(15)10(13(18)19)7-4-2-3-5-9(7)14/h2-6H,15H2,1H3,(H,16,17). The average Bonchev–Trinajstić information content (AvgIpc) is 2.88. The van der Waals surface area contributed by atoms with Crippen LogP contribution in [-0.4, -0.2) is 14.8 Å². The molecule has 2 heterocycles. The van der Waals surface area contributed by atoms with Crippen molar-refractivity contribution >= 4 is 16.7 Å². The van der Waals surface area contributed by atoms with Crippen molar-refractivity contribution in [1.82, 2.24) is 14.8 Å². The minimum atomic E-state index is -0.478. The molecule has 0 fully saturated rings. The quantitative estimate of drug-likeness (QED) is 0.696. The smallest absolute Gasteiger partial charge is 0.262 e. The van der Waals surface area contributed by atoms with Crippen molar-refractivity contribution in [2.75, 3.05) is 5.73 Å². The van der Waals surface area contributed by atoms with Crippen molar-refractivity contribution in [2.45, 2.75) is 0 Å². The van der Waals surface area contributed by atoms with E-state index in [0.29, 0.717) is 11.0 Å². The zero-order valence-corrected chi connectivity index (χ0v) is 10.1. The van der Waals surface area contributed by atoms with Crippen LogP contribution in [-0.2, 0) is 7.05 Å². The number of pyridine rings is 1. The number of hydrogen-bond acceptors (Lipinski definition) is 3. The molecule has 96 valence electrons. The Morgan fingerprint density at radius 1 is 1.37 bits per heavy atom. The zero-order valence-electron chi connectivity index (χ0n) is 10.1. The molecule has 19 heavy (non-hydrogen) atoms. The van der Waals surface area contributed by atoms with E-state index in [1.54, 1.807) is 19.2 Å². The fourth-order valence-corrected chi connectivity index (χ4v) is 2.18. The van der Waals surface area contributed by atoms with Gasteiger partial charge in [-0.05, 0) is 6.07 Å². The van der Waals surface area contributed by atoms with Gasteiger partial charge in [0.15, 0.2) is 0 Å². The Hall–Kier alpha value is -2.63. The number of rotatable bonds is 1. The molecular weight excluding hydrogens is 247 g/mol. The van der Waals surface area contributed by atoms with Crippen LogP contribution < -0.4 is 11.3 Å². The van der Waals surface area contributed by atoms with Crippen LogP contribution in [0.3, 0.4) is 0 Å². The van der Waals surface area contributed by atoms with Crippen LogP contribution in [0.25, 0.3) is 22.2 Å². The SMILES string of the molecule is Cn1c(=O)c(-c2ccccc2F)c(N)c2cn[nH]c21. The number of aromatic amines is 1. The molecule has 5 nitrogen and oxygen atoms in total. The normalized spacial score (nSPS) is 11.1. The number of H-pyrrole nitrogens is 1. The topological polar surface area (TPSA) is 76.7 Å². The van der Waals surface area contributed by atoms with Crippen molar-refractivity contribution in [1.29, 1.82) is 0 Å². The minimum Gasteiger partial charge on any atom is -0.397 e. The number of nitrogens with zero attached hydrogens (tertiary/aromatic N) is 2. The molecule has 3 rings (SSSR count). The Bertz CT molecular complexity index is 834. The number of aromatic nitrogens is 3. The Morgan fingerprint density at radius 3 is 2.84 bits per heavy atom. The molecule has 0 unspecified atom stereocenters. The molecule has 0 spiro atoms. The van der Waals surface area contributed by atoms with E-state index in [0.717, 1.165) is 0 Å². The summed E-state index contributed by atoms with van der Waals surface area (Å²) >= 11 is 0. The molecule has 0 aliphatic rings. The van der Waals surface area contributed by atoms with Crippen LogP contribution in [0.4, 0.5) is 10.1 Å². The van der Waals surface area contributed by atoms with E-state index in [1.807, 2.05) is 0 Å². The first kappa shape index (κ1) is 11.5. The third kappa shape index (κ3) is 1.53. The Kier molecular flexibility index (Phi) is 2.38. The van der Waals surface area contributed by atoms with Gasteiger partial charge in [-0.2, -0.15) is 5.10 Å². The van der Waals surface area contributed by atoms with E-state index >= 15 is 0 Å². The first-order valence-electron chi connectivity index (χ1n) is 5.67. The number of nitrogen functional groups attached to an aromatic ring is 1. The van der Waals surface area contributed by atoms with Gasteiger partial charge in [0.05, 0.1) is 22.8 Å². The highest BCUT2D eigenvalue weighted by molar-refractivity contribution is 5.96. The second-order valence-electron chi connectivity index (χ2n) is 4.26. The number of hydrogen-bond donors (Lipinski definition) is 2. The summed E-state index contributed by atoms with van der Waals surface area (Å²) < 4.78 is 15.2. The lowest BCUT2D eigenvalue weighted by atomic mass is 10.0. The van der Waals surface area contributed by atoms with Gasteiger partial charge in [-0.1, -0.05) is 18.2 Å². The molecule has 0 radical (unpaired) electrons. The van der Waals surface area contributed by atoms with Crippen LogP contribution >= 0.6 is 0 Å². The molecule has 0 bridgehead atoms. The first-order chi connectivity index (χ1) is 9.11. The van der Waals surface area contributed by atoms with E-state index in [1.165, 1.54) is 22.9 Å². The van der Waals surface area contributed by atoms with Crippen LogP contribution in [0.15, 0.2) is 35.3 Å². The van der Waals surface area contributed by atoms with Crippen molar-refractivity contribution in [3.63, 3.8) is 0 Å². The molecule has 0 amide bonds. The Labute approximate surface area is 107 Å². The fourth-order valence-electron chi connectivity index (χ4n) is 2.18. The number of benzene rings is 1. The largest absolute Gasteiger partial charge is 0.397 e. The minimum absolute atomic E-state index is 0.162. The molecule has 2 aromatic heterocycles. The van der Waals surface area contributed by atoms with Gasteiger partial charge in [0, 0.05) is 12.6 Å². The van der Waals surface area contributed by atoms with Gasteiger partial charge < -0.3 is 5.73 Å². The molecule has 0 atom stereocenters. The average molecular weight is 258 g/mol. The number of nitrogens with one attached hydrogen (secondary N) is 1. The van der Waals surface area contributed by atoms with E-state index in [-0.39, 0.29) is 22.4 Å². The van der Waals surface area contributed by atoms with E-state index < -0.39 is 5.82 Å². The van der Waals surface area contributed by atoms with Gasteiger partial charge in [-0.3, -0.25) is 14.5 Å². The second-order valence-corrected chi connectivity index (χ2v) is 4.26. The maximum absolute atomic E-state index is 13.9. The van der Waals surface area contributed by atoms with Crippen LogP contribution in [0.1, 0.15) is 0 Å². The lowest BCUT2D eigenvalue weighted by Gasteiger charge is -2.10. The summed E-state index contributed by atoms with van der Waals surface area (Å²) in [5.41, 5.74) is 6.74. The molecule has 6 heteroatoms. The van der Waals surface area contributed by atoms with Gasteiger partial charge in [-0.15, -0.1) is 0 Å². The van der Waals surface area contributed by atoms with E-state index in [2.05, 4.69) is 10.2 Å². The third-order valence-electron chi connectivity index (χ3n) is 3.18. The summed E-state index contributed by atoms with van der Waals surface area (Å²) in [4.78, 5) is 12.3. The summed E-state index contributed by atoms with van der Waals surface area (Å²) in [6.07, 6.45) is 1.52. The number of halogens is 1. The maximum atomic E-state index is 13.9. The van der Waals surface area contributed by atoms with Gasteiger partial charge >= 0.3 is 0 Å². The Morgan fingerprint density at radius 2 is 2.11 bits per heavy atom. The number of fused-ring (bicyclic) bond motifs is 1. The molecule has 3 aromatic rings. The van der Waals surface area contributed by atoms with Crippen LogP contribution in [0, 0.1) is 5.82 Å². The maximum Gasteiger partial charge on any atom is 0.262 e. The monoisotopic (exact) mass is 258 g/mol. The lowest BCUT2D eigenvalue weighted by molar-refractivity contribution is 0.631. The van der Waals surface area contributed by atoms with Gasteiger partial charge in [0.25, 0.3) is 5.56 Å². The van der Waals surface area contributed by atoms with Crippen LogP contribution in [0.5, 0.6) is 0 Å². The molecular formula is C13H11FN4O. The zero-order chi connectivity index (χ0) is 13.6. The van der Waals surface area contributed by atoms with Crippen molar-refractivity contribution in [3.8, 4) is 11.1 Å². The molecule has 1 aromatic carbocycles. The van der Waals surface area contributed by atoms with Gasteiger partial charge in [-0.25, -0.2) is 4.39 Å². The Balaban J connectivity index is 2.49. The van der Waals surface area contributed by atoms with Gasteiger partial charge in [0.1, 0.15) is 11.5 Å².